The molecule has 0 unspecified atom stereocenters. The number of esters is 1. The van der Waals surface area contributed by atoms with E-state index in [1.807, 2.05) is 48.5 Å². The number of carboxylic acids is 1. The van der Waals surface area contributed by atoms with E-state index in [0.717, 1.165) is 29.5 Å². The molecule has 4 nitrogen and oxygen atoms in total. The quantitative estimate of drug-likeness (QED) is 0.527. The fourth-order valence-electron chi connectivity index (χ4n) is 2.82. The van der Waals surface area contributed by atoms with E-state index in [9.17, 15) is 9.59 Å². The van der Waals surface area contributed by atoms with Crippen molar-refractivity contribution in [1.82, 2.24) is 0 Å². The van der Waals surface area contributed by atoms with E-state index in [1.54, 1.807) is 36.4 Å². The Kier molecular flexibility index (Phi) is 6.95. The Labute approximate surface area is 170 Å². The molecule has 146 valence electrons. The van der Waals surface area contributed by atoms with Crippen LogP contribution >= 0.6 is 0 Å². The van der Waals surface area contributed by atoms with Crippen LogP contribution in [0.1, 0.15) is 43.8 Å². The molecule has 0 saturated heterocycles. The van der Waals surface area contributed by atoms with Crippen LogP contribution in [-0.4, -0.2) is 17.0 Å². The number of carbonyl (C=O) groups excluding carboxylic acids is 1. The molecule has 1 N–H and O–H groups in total. The average Bonchev–Trinajstić information content (AvgIpc) is 2.76. The average molecular weight is 386 g/mol. The number of ether oxygens (including phenoxy) is 1. The molecule has 0 bridgehead atoms. The summed E-state index contributed by atoms with van der Waals surface area (Å²) in [5.74, 6) is -1.25. The summed E-state index contributed by atoms with van der Waals surface area (Å²) >= 11 is 0. The molecule has 0 spiro atoms. The lowest BCUT2D eigenvalue weighted by molar-refractivity contribution is 0.0472. The summed E-state index contributed by atoms with van der Waals surface area (Å²) in [6.45, 7) is 0.264. The Hall–Kier alpha value is -3.66. The van der Waals surface area contributed by atoms with Crippen LogP contribution in [0.4, 0.5) is 0 Å². The van der Waals surface area contributed by atoms with Gasteiger partial charge < -0.3 is 9.84 Å². The highest BCUT2D eigenvalue weighted by atomic mass is 16.5. The standard InChI is InChI=1S/C25H22O4/c26-24(27)22-14-10-19(11-15-22)6-4-5-7-20-12-16-23(17-13-20)25(28)29-18-21-8-2-1-3-9-21/h1-4,6,8-17H,5,7,18H2,(H,26,27). The van der Waals surface area contributed by atoms with E-state index >= 15 is 0 Å². The van der Waals surface area contributed by atoms with Crippen molar-refractivity contribution in [3.63, 3.8) is 0 Å². The minimum atomic E-state index is -0.923. The van der Waals surface area contributed by atoms with E-state index in [2.05, 4.69) is 6.08 Å². The number of hydrogen-bond donors (Lipinski definition) is 1. The van der Waals surface area contributed by atoms with Crippen molar-refractivity contribution in [3.8, 4) is 0 Å². The highest BCUT2D eigenvalue weighted by Gasteiger charge is 2.07. The van der Waals surface area contributed by atoms with E-state index in [-0.39, 0.29) is 18.1 Å². The monoisotopic (exact) mass is 386 g/mol. The topological polar surface area (TPSA) is 63.6 Å². The molecular formula is C25H22O4. The summed E-state index contributed by atoms with van der Waals surface area (Å²) < 4.78 is 5.34. The second-order valence-electron chi connectivity index (χ2n) is 6.63. The van der Waals surface area contributed by atoms with Gasteiger partial charge in [-0.25, -0.2) is 9.59 Å². The second-order valence-corrected chi connectivity index (χ2v) is 6.63. The van der Waals surface area contributed by atoms with Crippen molar-refractivity contribution in [2.75, 3.05) is 0 Å². The van der Waals surface area contributed by atoms with Gasteiger partial charge in [0.25, 0.3) is 0 Å². The third-order valence-electron chi connectivity index (χ3n) is 4.47. The number of carboxylic acid groups (broad SMARTS) is 1. The number of hydrogen-bond acceptors (Lipinski definition) is 3. The van der Waals surface area contributed by atoms with E-state index in [0.29, 0.717) is 5.56 Å². The van der Waals surface area contributed by atoms with Gasteiger partial charge in [-0.15, -0.1) is 0 Å². The van der Waals surface area contributed by atoms with Crippen LogP contribution in [0.2, 0.25) is 0 Å². The highest BCUT2D eigenvalue weighted by molar-refractivity contribution is 5.89. The Morgan fingerprint density at radius 1 is 0.793 bits per heavy atom. The summed E-state index contributed by atoms with van der Waals surface area (Å²) in [7, 11) is 0. The minimum absolute atomic E-state index is 0.264. The first-order valence-corrected chi connectivity index (χ1v) is 9.42. The highest BCUT2D eigenvalue weighted by Crippen LogP contribution is 2.11. The SMILES string of the molecule is O=C(O)c1ccc(C=CCCc2ccc(C(=O)OCc3ccccc3)cc2)cc1. The Bertz CT molecular complexity index is 972. The maximum absolute atomic E-state index is 12.1. The van der Waals surface area contributed by atoms with Crippen molar-refractivity contribution in [1.29, 1.82) is 0 Å². The van der Waals surface area contributed by atoms with Gasteiger partial charge in [-0.1, -0.05) is 66.7 Å². The van der Waals surface area contributed by atoms with Crippen LogP contribution in [-0.2, 0) is 17.8 Å². The van der Waals surface area contributed by atoms with Crippen molar-refractivity contribution >= 4 is 18.0 Å². The predicted molar refractivity (Wildman–Crippen MR) is 113 cm³/mol. The van der Waals surface area contributed by atoms with Crippen LogP contribution in [0.3, 0.4) is 0 Å². The Morgan fingerprint density at radius 3 is 2.10 bits per heavy atom. The normalized spacial score (nSPS) is 10.8. The molecule has 29 heavy (non-hydrogen) atoms. The lowest BCUT2D eigenvalue weighted by Gasteiger charge is -2.06. The molecule has 0 aromatic heterocycles. The molecule has 0 aliphatic heterocycles. The first kappa shape index (κ1) is 20.1. The van der Waals surface area contributed by atoms with Crippen molar-refractivity contribution in [2.45, 2.75) is 19.4 Å². The van der Waals surface area contributed by atoms with Gasteiger partial charge in [0.05, 0.1) is 11.1 Å². The first-order valence-electron chi connectivity index (χ1n) is 9.42. The third-order valence-corrected chi connectivity index (χ3v) is 4.47. The summed E-state index contributed by atoms with van der Waals surface area (Å²) in [5.41, 5.74) is 3.88. The van der Waals surface area contributed by atoms with Crippen LogP contribution in [0.5, 0.6) is 0 Å². The van der Waals surface area contributed by atoms with Crippen LogP contribution in [0, 0.1) is 0 Å². The molecule has 3 rings (SSSR count). The Balaban J connectivity index is 1.46. The summed E-state index contributed by atoms with van der Waals surface area (Å²) in [6.07, 6.45) is 5.72. The maximum atomic E-state index is 12.1. The van der Waals surface area contributed by atoms with Crippen molar-refractivity contribution in [3.05, 3.63) is 113 Å². The molecular weight excluding hydrogens is 364 g/mol. The number of aromatic carboxylic acids is 1. The molecule has 0 aliphatic rings. The number of allylic oxidation sites excluding steroid dienone is 1. The maximum Gasteiger partial charge on any atom is 0.338 e. The van der Waals surface area contributed by atoms with Gasteiger partial charge in [-0.2, -0.15) is 0 Å². The van der Waals surface area contributed by atoms with Crippen LogP contribution in [0.25, 0.3) is 6.08 Å². The molecule has 0 fully saturated rings. The third kappa shape index (κ3) is 6.18. The van der Waals surface area contributed by atoms with Gasteiger partial charge in [0.1, 0.15) is 6.61 Å². The van der Waals surface area contributed by atoms with Gasteiger partial charge in [0, 0.05) is 0 Å². The van der Waals surface area contributed by atoms with Gasteiger partial charge in [0.15, 0.2) is 0 Å². The second kappa shape index (κ2) is 10.0. The molecule has 0 atom stereocenters. The Morgan fingerprint density at radius 2 is 1.45 bits per heavy atom. The number of carbonyl (C=O) groups is 2. The fourth-order valence-corrected chi connectivity index (χ4v) is 2.82. The lowest BCUT2D eigenvalue weighted by atomic mass is 10.1. The van der Waals surface area contributed by atoms with E-state index in [4.69, 9.17) is 9.84 Å². The number of aryl methyl sites for hydroxylation is 1. The van der Waals surface area contributed by atoms with Crippen molar-refractivity contribution < 1.29 is 19.4 Å². The lowest BCUT2D eigenvalue weighted by Crippen LogP contribution is -2.05. The van der Waals surface area contributed by atoms with Gasteiger partial charge in [-0.3, -0.25) is 0 Å². The molecule has 4 heteroatoms. The zero-order valence-electron chi connectivity index (χ0n) is 16.0. The van der Waals surface area contributed by atoms with Gasteiger partial charge >= 0.3 is 11.9 Å². The zero-order valence-corrected chi connectivity index (χ0v) is 16.0. The van der Waals surface area contributed by atoms with E-state index in [1.165, 1.54) is 0 Å². The number of benzene rings is 3. The molecule has 3 aromatic rings. The molecule has 0 amide bonds. The van der Waals surface area contributed by atoms with Crippen LogP contribution in [0.15, 0.2) is 84.9 Å². The summed E-state index contributed by atoms with van der Waals surface area (Å²) in [4.78, 5) is 23.0. The molecule has 0 radical (unpaired) electrons. The largest absolute Gasteiger partial charge is 0.478 e. The zero-order chi connectivity index (χ0) is 20.5. The minimum Gasteiger partial charge on any atom is -0.478 e. The molecule has 3 aromatic carbocycles. The van der Waals surface area contributed by atoms with Gasteiger partial charge in [-0.05, 0) is 53.8 Å². The smallest absolute Gasteiger partial charge is 0.338 e. The predicted octanol–water partition coefficient (Wildman–Crippen LogP) is 5.39. The van der Waals surface area contributed by atoms with E-state index < -0.39 is 5.97 Å². The fraction of sp³-hybridized carbons (Fsp3) is 0.120. The number of rotatable bonds is 8. The molecule has 0 heterocycles. The summed E-state index contributed by atoms with van der Waals surface area (Å²) in [6, 6.07) is 23.8. The van der Waals surface area contributed by atoms with Crippen molar-refractivity contribution in [2.24, 2.45) is 0 Å². The van der Waals surface area contributed by atoms with Gasteiger partial charge in [0.2, 0.25) is 0 Å². The molecule has 0 aliphatic carbocycles. The summed E-state index contributed by atoms with van der Waals surface area (Å²) in [5, 5.41) is 8.90. The molecule has 0 saturated carbocycles. The first-order chi connectivity index (χ1) is 14.1. The van der Waals surface area contributed by atoms with Crippen LogP contribution < -0.4 is 0 Å².